The number of halogens is 2. The van der Waals surface area contributed by atoms with Crippen LogP contribution >= 0.6 is 23.2 Å². The van der Waals surface area contributed by atoms with Crippen LogP contribution in [-0.4, -0.2) is 31.5 Å². The molecule has 0 fully saturated rings. The minimum atomic E-state index is -0.658. The zero-order chi connectivity index (χ0) is 20.5. The molecule has 2 N–H and O–H groups in total. The van der Waals surface area contributed by atoms with E-state index in [1.807, 2.05) is 0 Å². The number of esters is 1. The van der Waals surface area contributed by atoms with Crippen LogP contribution in [-0.2, 0) is 19.1 Å². The first-order valence-corrected chi connectivity index (χ1v) is 8.97. The Morgan fingerprint density at radius 2 is 1.50 bits per heavy atom. The third kappa shape index (κ3) is 7.09. The van der Waals surface area contributed by atoms with E-state index in [-0.39, 0.29) is 12.8 Å². The third-order valence-electron chi connectivity index (χ3n) is 3.50. The monoisotopic (exact) mass is 424 g/mol. The Morgan fingerprint density at radius 1 is 0.857 bits per heavy atom. The van der Waals surface area contributed by atoms with E-state index in [0.717, 1.165) is 0 Å². The van der Waals surface area contributed by atoms with E-state index in [1.165, 1.54) is 13.2 Å². The number of methoxy groups -OCH3 is 1. The SMILES string of the molecule is COc1ccc(NC(=O)COC(=O)CCC(=O)Nc2ccc(Cl)c(Cl)c2)cc1. The zero-order valence-electron chi connectivity index (χ0n) is 15.0. The van der Waals surface area contributed by atoms with Crippen molar-refractivity contribution in [3.8, 4) is 5.75 Å². The van der Waals surface area contributed by atoms with Crippen molar-refractivity contribution in [2.45, 2.75) is 12.8 Å². The molecule has 0 atom stereocenters. The van der Waals surface area contributed by atoms with E-state index < -0.39 is 24.4 Å². The number of hydrogen-bond donors (Lipinski definition) is 2. The molecule has 0 spiro atoms. The summed E-state index contributed by atoms with van der Waals surface area (Å²) in [5.74, 6) is -0.880. The van der Waals surface area contributed by atoms with Gasteiger partial charge >= 0.3 is 5.97 Å². The van der Waals surface area contributed by atoms with Gasteiger partial charge in [0.2, 0.25) is 5.91 Å². The van der Waals surface area contributed by atoms with E-state index >= 15 is 0 Å². The van der Waals surface area contributed by atoms with Crippen molar-refractivity contribution in [2.24, 2.45) is 0 Å². The number of carbonyl (C=O) groups excluding carboxylic acids is 3. The highest BCUT2D eigenvalue weighted by molar-refractivity contribution is 6.42. The van der Waals surface area contributed by atoms with Crippen LogP contribution in [0, 0.1) is 0 Å². The highest BCUT2D eigenvalue weighted by atomic mass is 35.5. The van der Waals surface area contributed by atoms with E-state index in [2.05, 4.69) is 10.6 Å². The fourth-order valence-electron chi connectivity index (χ4n) is 2.10. The van der Waals surface area contributed by atoms with Crippen molar-refractivity contribution >= 4 is 52.4 Å². The number of hydrogen-bond acceptors (Lipinski definition) is 5. The molecule has 0 saturated carbocycles. The first kappa shape index (κ1) is 21.5. The molecule has 148 valence electrons. The van der Waals surface area contributed by atoms with Crippen molar-refractivity contribution in [3.05, 3.63) is 52.5 Å². The average Bonchev–Trinajstić information content (AvgIpc) is 2.68. The van der Waals surface area contributed by atoms with Gasteiger partial charge in [0, 0.05) is 17.8 Å². The molecule has 0 radical (unpaired) electrons. The first-order valence-electron chi connectivity index (χ1n) is 8.22. The highest BCUT2D eigenvalue weighted by Gasteiger charge is 2.11. The summed E-state index contributed by atoms with van der Waals surface area (Å²) in [4.78, 5) is 35.3. The Hall–Kier alpha value is -2.77. The quantitative estimate of drug-likeness (QED) is 0.626. The molecule has 0 saturated heterocycles. The third-order valence-corrected chi connectivity index (χ3v) is 4.24. The molecule has 28 heavy (non-hydrogen) atoms. The molecule has 0 aliphatic heterocycles. The van der Waals surface area contributed by atoms with Gasteiger partial charge in [0.1, 0.15) is 5.75 Å². The Kier molecular flexibility index (Phi) is 8.10. The number of benzene rings is 2. The molecule has 0 heterocycles. The zero-order valence-corrected chi connectivity index (χ0v) is 16.5. The topological polar surface area (TPSA) is 93.7 Å². The number of nitrogens with one attached hydrogen (secondary N) is 2. The van der Waals surface area contributed by atoms with Crippen molar-refractivity contribution in [3.63, 3.8) is 0 Å². The second-order valence-corrected chi connectivity index (χ2v) is 6.43. The predicted molar refractivity (Wildman–Crippen MR) is 107 cm³/mol. The van der Waals surface area contributed by atoms with Crippen molar-refractivity contribution in [1.29, 1.82) is 0 Å². The Labute approximate surface area is 171 Å². The molecule has 2 amide bonds. The number of anilines is 2. The second kappa shape index (κ2) is 10.5. The predicted octanol–water partition coefficient (Wildman–Crippen LogP) is 3.90. The van der Waals surface area contributed by atoms with Gasteiger partial charge in [-0.1, -0.05) is 23.2 Å². The average molecular weight is 425 g/mol. The molecule has 0 aromatic heterocycles. The fraction of sp³-hybridized carbons (Fsp3) is 0.211. The maximum Gasteiger partial charge on any atom is 0.306 e. The lowest BCUT2D eigenvalue weighted by Gasteiger charge is -2.08. The van der Waals surface area contributed by atoms with E-state index in [1.54, 1.807) is 36.4 Å². The number of amides is 2. The van der Waals surface area contributed by atoms with Gasteiger partial charge in [-0.2, -0.15) is 0 Å². The Balaban J connectivity index is 1.69. The van der Waals surface area contributed by atoms with Gasteiger partial charge in [-0.25, -0.2) is 0 Å². The van der Waals surface area contributed by atoms with Crippen LogP contribution in [0.1, 0.15) is 12.8 Å². The largest absolute Gasteiger partial charge is 0.497 e. The van der Waals surface area contributed by atoms with Crippen LogP contribution in [0.15, 0.2) is 42.5 Å². The number of carbonyl (C=O) groups is 3. The van der Waals surface area contributed by atoms with Gasteiger partial charge in [0.15, 0.2) is 6.61 Å². The molecular formula is C19H18Cl2N2O5. The summed E-state index contributed by atoms with van der Waals surface area (Å²) < 4.78 is 9.88. The van der Waals surface area contributed by atoms with Gasteiger partial charge in [0.25, 0.3) is 5.91 Å². The molecule has 7 nitrogen and oxygen atoms in total. The van der Waals surface area contributed by atoms with Crippen LogP contribution < -0.4 is 15.4 Å². The molecule has 9 heteroatoms. The lowest BCUT2D eigenvalue weighted by atomic mass is 10.2. The van der Waals surface area contributed by atoms with Gasteiger partial charge in [-0.15, -0.1) is 0 Å². The Morgan fingerprint density at radius 3 is 2.14 bits per heavy atom. The Bertz CT molecular complexity index is 856. The van der Waals surface area contributed by atoms with Gasteiger partial charge in [-0.05, 0) is 42.5 Å². The van der Waals surface area contributed by atoms with Gasteiger partial charge in [0.05, 0.1) is 23.6 Å². The standard InChI is InChI=1S/C19H18Cl2N2O5/c1-27-14-5-2-12(3-6-14)22-18(25)11-28-19(26)9-8-17(24)23-13-4-7-15(20)16(21)10-13/h2-7,10H,8-9,11H2,1H3,(H,22,25)(H,23,24). The summed E-state index contributed by atoms with van der Waals surface area (Å²) in [6, 6.07) is 11.3. The molecule has 0 bridgehead atoms. The molecule has 0 aliphatic carbocycles. The van der Waals surface area contributed by atoms with Crippen molar-refractivity contribution in [2.75, 3.05) is 24.4 Å². The molecular weight excluding hydrogens is 407 g/mol. The van der Waals surface area contributed by atoms with E-state index in [9.17, 15) is 14.4 Å². The summed E-state index contributed by atoms with van der Waals surface area (Å²) in [5, 5.41) is 5.85. The van der Waals surface area contributed by atoms with Crippen molar-refractivity contribution < 1.29 is 23.9 Å². The molecule has 0 aliphatic rings. The summed E-state index contributed by atoms with van der Waals surface area (Å²) in [6.45, 7) is -0.445. The summed E-state index contributed by atoms with van der Waals surface area (Å²) in [7, 11) is 1.54. The van der Waals surface area contributed by atoms with Gasteiger partial charge in [-0.3, -0.25) is 14.4 Å². The highest BCUT2D eigenvalue weighted by Crippen LogP contribution is 2.25. The molecule has 2 aromatic rings. The van der Waals surface area contributed by atoms with Crippen LogP contribution in [0.25, 0.3) is 0 Å². The second-order valence-electron chi connectivity index (χ2n) is 5.61. The van der Waals surface area contributed by atoms with Crippen LogP contribution in [0.5, 0.6) is 5.75 Å². The molecule has 2 rings (SSSR count). The summed E-state index contributed by atoms with van der Waals surface area (Å²) >= 11 is 11.7. The smallest absolute Gasteiger partial charge is 0.306 e. The minimum absolute atomic E-state index is 0.0980. The van der Waals surface area contributed by atoms with Crippen LogP contribution in [0.3, 0.4) is 0 Å². The number of ether oxygens (including phenoxy) is 2. The normalized spacial score (nSPS) is 10.1. The lowest BCUT2D eigenvalue weighted by molar-refractivity contribution is -0.147. The van der Waals surface area contributed by atoms with Crippen LogP contribution in [0.4, 0.5) is 11.4 Å². The molecule has 2 aromatic carbocycles. The van der Waals surface area contributed by atoms with Crippen molar-refractivity contribution in [1.82, 2.24) is 0 Å². The lowest BCUT2D eigenvalue weighted by Crippen LogP contribution is -2.21. The van der Waals surface area contributed by atoms with E-state index in [4.69, 9.17) is 32.7 Å². The van der Waals surface area contributed by atoms with Crippen LogP contribution in [0.2, 0.25) is 10.0 Å². The summed E-state index contributed by atoms with van der Waals surface area (Å²) in [5.41, 5.74) is 1.01. The summed E-state index contributed by atoms with van der Waals surface area (Å²) in [6.07, 6.45) is -0.262. The van der Waals surface area contributed by atoms with Gasteiger partial charge < -0.3 is 20.1 Å². The first-order chi connectivity index (χ1) is 13.4. The maximum absolute atomic E-state index is 11.9. The number of rotatable bonds is 8. The molecule has 0 unspecified atom stereocenters. The minimum Gasteiger partial charge on any atom is -0.497 e. The fourth-order valence-corrected chi connectivity index (χ4v) is 2.40. The maximum atomic E-state index is 11.9. The van der Waals surface area contributed by atoms with E-state index in [0.29, 0.717) is 27.2 Å².